The number of H-pyrrole nitrogens is 1. The molecule has 102 valence electrons. The average molecular weight is 326 g/mol. The van der Waals surface area contributed by atoms with Gasteiger partial charge in [0.1, 0.15) is 5.82 Å². The first-order chi connectivity index (χ1) is 9.16. The van der Waals surface area contributed by atoms with Crippen molar-refractivity contribution in [2.75, 3.05) is 6.54 Å². The lowest BCUT2D eigenvalue weighted by Crippen LogP contribution is -2.15. The van der Waals surface area contributed by atoms with E-state index in [1.807, 2.05) is 19.2 Å². The molecule has 0 aliphatic carbocycles. The Morgan fingerprint density at radius 3 is 2.95 bits per heavy atom. The van der Waals surface area contributed by atoms with Crippen LogP contribution >= 0.6 is 15.9 Å². The highest BCUT2D eigenvalue weighted by Crippen LogP contribution is 2.16. The normalized spacial score (nSPS) is 10.9. The molecule has 0 aliphatic heterocycles. The van der Waals surface area contributed by atoms with Gasteiger partial charge in [-0.05, 0) is 65.5 Å². The summed E-state index contributed by atoms with van der Waals surface area (Å²) in [6.07, 6.45) is 3.96. The quantitative estimate of drug-likeness (QED) is 0.800. The first-order valence-corrected chi connectivity index (χ1v) is 7.09. The molecule has 0 radical (unpaired) electrons. The summed E-state index contributed by atoms with van der Waals surface area (Å²) < 4.78 is 13.6. The van der Waals surface area contributed by atoms with Crippen LogP contribution in [0.5, 0.6) is 0 Å². The van der Waals surface area contributed by atoms with Crippen molar-refractivity contribution in [1.29, 1.82) is 0 Å². The van der Waals surface area contributed by atoms with Gasteiger partial charge in [0.25, 0.3) is 0 Å². The van der Waals surface area contributed by atoms with E-state index in [1.165, 1.54) is 11.6 Å². The number of aromatic amines is 1. The van der Waals surface area contributed by atoms with Gasteiger partial charge in [0, 0.05) is 12.2 Å². The standard InChI is InChI=1S/C14H17BrFN3/c1-10-12(9-18-19-10)3-2-6-17-8-11-4-5-14(16)13(15)7-11/h4-5,7,9,17H,2-3,6,8H2,1H3,(H,18,19). The van der Waals surface area contributed by atoms with Crippen molar-refractivity contribution in [1.82, 2.24) is 15.5 Å². The number of halogens is 2. The minimum Gasteiger partial charge on any atom is -0.313 e. The van der Waals surface area contributed by atoms with Gasteiger partial charge in [-0.1, -0.05) is 6.07 Å². The minimum atomic E-state index is -0.223. The highest BCUT2D eigenvalue weighted by molar-refractivity contribution is 9.10. The van der Waals surface area contributed by atoms with Crippen LogP contribution in [-0.4, -0.2) is 16.7 Å². The Kier molecular flexibility index (Phi) is 5.10. The van der Waals surface area contributed by atoms with Crippen molar-refractivity contribution >= 4 is 15.9 Å². The lowest BCUT2D eigenvalue weighted by molar-refractivity contribution is 0.616. The maximum Gasteiger partial charge on any atom is 0.137 e. The van der Waals surface area contributed by atoms with E-state index in [-0.39, 0.29) is 5.82 Å². The number of nitrogens with one attached hydrogen (secondary N) is 2. The molecule has 0 amide bonds. The second-order valence-electron chi connectivity index (χ2n) is 4.55. The van der Waals surface area contributed by atoms with E-state index < -0.39 is 0 Å². The first kappa shape index (κ1) is 14.2. The van der Waals surface area contributed by atoms with Gasteiger partial charge in [-0.25, -0.2) is 4.39 Å². The summed E-state index contributed by atoms with van der Waals surface area (Å²) >= 11 is 3.19. The number of rotatable bonds is 6. The van der Waals surface area contributed by atoms with Crippen LogP contribution in [0, 0.1) is 12.7 Å². The maximum absolute atomic E-state index is 13.1. The van der Waals surface area contributed by atoms with Crippen LogP contribution in [0.2, 0.25) is 0 Å². The highest BCUT2D eigenvalue weighted by Gasteiger charge is 2.01. The van der Waals surface area contributed by atoms with Crippen molar-refractivity contribution in [3.05, 3.63) is 51.5 Å². The third kappa shape index (κ3) is 4.14. The van der Waals surface area contributed by atoms with Gasteiger partial charge < -0.3 is 5.32 Å². The van der Waals surface area contributed by atoms with Crippen LogP contribution in [0.4, 0.5) is 4.39 Å². The third-order valence-electron chi connectivity index (χ3n) is 3.05. The fraction of sp³-hybridized carbons (Fsp3) is 0.357. The number of nitrogens with zero attached hydrogens (tertiary/aromatic N) is 1. The second-order valence-corrected chi connectivity index (χ2v) is 5.40. The largest absolute Gasteiger partial charge is 0.313 e. The molecular formula is C14H17BrFN3. The Morgan fingerprint density at radius 1 is 1.42 bits per heavy atom. The number of hydrogen-bond acceptors (Lipinski definition) is 2. The Balaban J connectivity index is 1.69. The first-order valence-electron chi connectivity index (χ1n) is 6.30. The number of hydrogen-bond donors (Lipinski definition) is 2. The summed E-state index contributed by atoms with van der Waals surface area (Å²) in [6, 6.07) is 5.09. The number of benzene rings is 1. The predicted molar refractivity (Wildman–Crippen MR) is 77.5 cm³/mol. The summed E-state index contributed by atoms with van der Waals surface area (Å²) in [4.78, 5) is 0. The maximum atomic E-state index is 13.1. The van der Waals surface area contributed by atoms with Gasteiger partial charge in [0.15, 0.2) is 0 Å². The minimum absolute atomic E-state index is 0.223. The Morgan fingerprint density at radius 2 is 2.26 bits per heavy atom. The molecule has 0 atom stereocenters. The Hall–Kier alpha value is -1.20. The van der Waals surface area contributed by atoms with Crippen LogP contribution in [0.1, 0.15) is 23.2 Å². The molecule has 0 aliphatic rings. The molecule has 19 heavy (non-hydrogen) atoms. The molecule has 5 heteroatoms. The summed E-state index contributed by atoms with van der Waals surface area (Å²) in [7, 11) is 0. The molecule has 2 aromatic rings. The van der Waals surface area contributed by atoms with Gasteiger partial charge >= 0.3 is 0 Å². The smallest absolute Gasteiger partial charge is 0.137 e. The van der Waals surface area contributed by atoms with Gasteiger partial charge in [0.2, 0.25) is 0 Å². The van der Waals surface area contributed by atoms with E-state index in [1.54, 1.807) is 6.07 Å². The summed E-state index contributed by atoms with van der Waals surface area (Å²) in [6.45, 7) is 3.72. The van der Waals surface area contributed by atoms with E-state index >= 15 is 0 Å². The average Bonchev–Trinajstić information content (AvgIpc) is 2.79. The van der Waals surface area contributed by atoms with Crippen molar-refractivity contribution in [3.8, 4) is 0 Å². The van der Waals surface area contributed by atoms with E-state index in [4.69, 9.17) is 0 Å². The lowest BCUT2D eigenvalue weighted by Gasteiger charge is -2.05. The zero-order valence-electron chi connectivity index (χ0n) is 10.8. The van der Waals surface area contributed by atoms with Crippen molar-refractivity contribution in [2.45, 2.75) is 26.3 Å². The van der Waals surface area contributed by atoms with Crippen LogP contribution < -0.4 is 5.32 Å². The molecule has 2 rings (SSSR count). The molecule has 0 saturated carbocycles. The van der Waals surface area contributed by atoms with Gasteiger partial charge in [-0.3, -0.25) is 5.10 Å². The monoisotopic (exact) mass is 325 g/mol. The highest BCUT2D eigenvalue weighted by atomic mass is 79.9. The molecule has 2 N–H and O–H groups in total. The molecule has 3 nitrogen and oxygen atoms in total. The molecule has 1 heterocycles. The molecule has 1 aromatic carbocycles. The van der Waals surface area contributed by atoms with Crippen molar-refractivity contribution < 1.29 is 4.39 Å². The lowest BCUT2D eigenvalue weighted by atomic mass is 10.1. The fourth-order valence-electron chi connectivity index (χ4n) is 1.91. The van der Waals surface area contributed by atoms with E-state index in [9.17, 15) is 4.39 Å². The van der Waals surface area contributed by atoms with E-state index in [0.29, 0.717) is 4.47 Å². The van der Waals surface area contributed by atoms with Crippen LogP contribution in [-0.2, 0) is 13.0 Å². The zero-order chi connectivity index (χ0) is 13.7. The summed E-state index contributed by atoms with van der Waals surface area (Å²) in [5.74, 6) is -0.223. The SMILES string of the molecule is Cc1[nH]ncc1CCCNCc1ccc(F)c(Br)c1. The van der Waals surface area contributed by atoms with Crippen molar-refractivity contribution in [2.24, 2.45) is 0 Å². The predicted octanol–water partition coefficient (Wildman–Crippen LogP) is 3.34. The molecule has 0 saturated heterocycles. The van der Waals surface area contributed by atoms with Gasteiger partial charge in [-0.2, -0.15) is 5.10 Å². The Labute approximate surface area is 120 Å². The van der Waals surface area contributed by atoms with Crippen LogP contribution in [0.3, 0.4) is 0 Å². The fourth-order valence-corrected chi connectivity index (χ4v) is 2.34. The van der Waals surface area contributed by atoms with E-state index in [0.717, 1.165) is 37.2 Å². The molecule has 0 unspecified atom stereocenters. The molecule has 0 bridgehead atoms. The summed E-state index contributed by atoms with van der Waals surface area (Å²) in [5, 5.41) is 10.3. The van der Waals surface area contributed by atoms with Gasteiger partial charge in [0.05, 0.1) is 10.7 Å². The third-order valence-corrected chi connectivity index (χ3v) is 3.65. The molecule has 1 aromatic heterocycles. The molecular weight excluding hydrogens is 309 g/mol. The Bertz CT molecular complexity index is 539. The van der Waals surface area contributed by atoms with Crippen LogP contribution in [0.15, 0.2) is 28.9 Å². The topological polar surface area (TPSA) is 40.7 Å². The van der Waals surface area contributed by atoms with E-state index in [2.05, 4.69) is 31.4 Å². The van der Waals surface area contributed by atoms with Gasteiger partial charge in [-0.15, -0.1) is 0 Å². The zero-order valence-corrected chi connectivity index (χ0v) is 12.4. The second kappa shape index (κ2) is 6.82. The molecule has 0 spiro atoms. The summed E-state index contributed by atoms with van der Waals surface area (Å²) in [5.41, 5.74) is 3.49. The number of aromatic nitrogens is 2. The van der Waals surface area contributed by atoms with Crippen molar-refractivity contribution in [3.63, 3.8) is 0 Å². The molecule has 0 fully saturated rings. The van der Waals surface area contributed by atoms with Crippen LogP contribution in [0.25, 0.3) is 0 Å². The number of aryl methyl sites for hydroxylation is 2.